The van der Waals surface area contributed by atoms with Crippen molar-refractivity contribution in [1.29, 1.82) is 0 Å². The molecule has 3 aromatic carbocycles. The highest BCUT2D eigenvalue weighted by molar-refractivity contribution is 6.02. The van der Waals surface area contributed by atoms with Gasteiger partial charge in [0.1, 0.15) is 0 Å². The standard InChI is InChI=1S/C29H27N3O5/c1-18-2-8-22(31-28(35)29(10-11-29)21-7-9-24-25(14-21)37-17-36-24)15-23(18)19-3-5-20(6-4-19)27(34)32-13-12-30-26(33)16-32/h2-9,14-15H,10-13,16-17H2,1H3,(H,30,33)(H,31,35). The average molecular weight is 498 g/mol. The second kappa shape index (κ2) is 8.96. The third-order valence-corrected chi connectivity index (χ3v) is 7.37. The lowest BCUT2D eigenvalue weighted by Crippen LogP contribution is -2.49. The summed E-state index contributed by atoms with van der Waals surface area (Å²) in [5.74, 6) is 1.05. The van der Waals surface area contributed by atoms with Crippen molar-refractivity contribution in [2.45, 2.75) is 25.2 Å². The second-order valence-corrected chi connectivity index (χ2v) is 9.79. The Labute approximate surface area is 214 Å². The van der Waals surface area contributed by atoms with Crippen molar-refractivity contribution in [3.63, 3.8) is 0 Å². The number of carbonyl (C=O) groups excluding carboxylic acids is 3. The largest absolute Gasteiger partial charge is 0.454 e. The molecule has 2 aliphatic heterocycles. The van der Waals surface area contributed by atoms with Gasteiger partial charge in [0, 0.05) is 24.3 Å². The second-order valence-electron chi connectivity index (χ2n) is 9.79. The molecule has 1 saturated heterocycles. The van der Waals surface area contributed by atoms with Gasteiger partial charge < -0.3 is 25.0 Å². The number of benzene rings is 3. The first-order valence-electron chi connectivity index (χ1n) is 12.4. The Morgan fingerprint density at radius 3 is 2.51 bits per heavy atom. The highest BCUT2D eigenvalue weighted by Gasteiger charge is 2.51. The highest BCUT2D eigenvalue weighted by atomic mass is 16.7. The minimum Gasteiger partial charge on any atom is -0.454 e. The van der Waals surface area contributed by atoms with Gasteiger partial charge in [-0.2, -0.15) is 0 Å². The van der Waals surface area contributed by atoms with Crippen LogP contribution in [0.3, 0.4) is 0 Å². The van der Waals surface area contributed by atoms with Crippen LogP contribution >= 0.6 is 0 Å². The number of piperazine rings is 1. The normalized spacial score (nSPS) is 17.2. The van der Waals surface area contributed by atoms with E-state index in [1.807, 2.05) is 55.5 Å². The summed E-state index contributed by atoms with van der Waals surface area (Å²) in [6.07, 6.45) is 1.57. The number of carbonyl (C=O) groups is 3. The fraction of sp³-hybridized carbons (Fsp3) is 0.276. The maximum atomic E-state index is 13.4. The van der Waals surface area contributed by atoms with E-state index in [2.05, 4.69) is 10.6 Å². The predicted molar refractivity (Wildman–Crippen MR) is 138 cm³/mol. The maximum Gasteiger partial charge on any atom is 0.254 e. The quantitative estimate of drug-likeness (QED) is 0.561. The van der Waals surface area contributed by atoms with Crippen LogP contribution in [-0.2, 0) is 15.0 Å². The Morgan fingerprint density at radius 1 is 0.973 bits per heavy atom. The van der Waals surface area contributed by atoms with E-state index in [0.29, 0.717) is 30.2 Å². The summed E-state index contributed by atoms with van der Waals surface area (Å²) in [4.78, 5) is 39.4. The van der Waals surface area contributed by atoms with Crippen LogP contribution in [0.15, 0.2) is 60.7 Å². The number of fused-ring (bicyclic) bond motifs is 1. The molecular formula is C29H27N3O5. The molecule has 37 heavy (non-hydrogen) atoms. The third-order valence-electron chi connectivity index (χ3n) is 7.37. The lowest BCUT2D eigenvalue weighted by Gasteiger charge is -2.26. The van der Waals surface area contributed by atoms with Gasteiger partial charge in [0.25, 0.3) is 5.91 Å². The Bertz CT molecular complexity index is 1410. The monoisotopic (exact) mass is 497 g/mol. The zero-order valence-corrected chi connectivity index (χ0v) is 20.5. The molecule has 8 nitrogen and oxygen atoms in total. The number of ether oxygens (including phenoxy) is 2. The first-order chi connectivity index (χ1) is 17.9. The van der Waals surface area contributed by atoms with Crippen LogP contribution in [0.1, 0.15) is 34.3 Å². The Kier molecular flexibility index (Phi) is 5.59. The molecule has 0 radical (unpaired) electrons. The van der Waals surface area contributed by atoms with Crippen LogP contribution in [0.4, 0.5) is 5.69 Å². The van der Waals surface area contributed by atoms with E-state index in [1.165, 1.54) is 0 Å². The molecule has 0 unspecified atom stereocenters. The third kappa shape index (κ3) is 4.28. The van der Waals surface area contributed by atoms with E-state index in [1.54, 1.807) is 17.0 Å². The van der Waals surface area contributed by atoms with Crippen LogP contribution in [0.5, 0.6) is 11.5 Å². The Balaban J connectivity index is 1.19. The topological polar surface area (TPSA) is 97.0 Å². The van der Waals surface area contributed by atoms with Crippen molar-refractivity contribution in [3.8, 4) is 22.6 Å². The number of aryl methyl sites for hydroxylation is 1. The number of amides is 3. The summed E-state index contributed by atoms with van der Waals surface area (Å²) in [5, 5.41) is 5.85. The van der Waals surface area contributed by atoms with Crippen molar-refractivity contribution in [3.05, 3.63) is 77.4 Å². The minimum atomic E-state index is -0.556. The lowest BCUT2D eigenvalue weighted by molar-refractivity contribution is -0.123. The van der Waals surface area contributed by atoms with Gasteiger partial charge in [-0.25, -0.2) is 0 Å². The number of hydrogen-bond donors (Lipinski definition) is 2. The van der Waals surface area contributed by atoms with E-state index < -0.39 is 5.41 Å². The molecule has 188 valence electrons. The molecule has 6 rings (SSSR count). The van der Waals surface area contributed by atoms with E-state index in [9.17, 15) is 14.4 Å². The summed E-state index contributed by atoms with van der Waals surface area (Å²) >= 11 is 0. The van der Waals surface area contributed by atoms with Crippen molar-refractivity contribution >= 4 is 23.4 Å². The van der Waals surface area contributed by atoms with Gasteiger partial charge in [-0.15, -0.1) is 0 Å². The van der Waals surface area contributed by atoms with Gasteiger partial charge >= 0.3 is 0 Å². The molecule has 2 fully saturated rings. The summed E-state index contributed by atoms with van der Waals surface area (Å²) < 4.78 is 10.9. The molecule has 1 aliphatic carbocycles. The Hall–Kier alpha value is -4.33. The number of nitrogens with zero attached hydrogens (tertiary/aromatic N) is 1. The van der Waals surface area contributed by atoms with Crippen LogP contribution < -0.4 is 20.1 Å². The first kappa shape index (κ1) is 23.1. The first-order valence-corrected chi connectivity index (χ1v) is 12.4. The summed E-state index contributed by atoms with van der Waals surface area (Å²) in [5.41, 5.74) is 4.62. The van der Waals surface area contributed by atoms with Crippen LogP contribution in [-0.4, -0.2) is 49.0 Å². The summed E-state index contributed by atoms with van der Waals surface area (Å²) in [6, 6.07) is 19.0. The van der Waals surface area contributed by atoms with Crippen LogP contribution in [0.25, 0.3) is 11.1 Å². The molecule has 3 aromatic rings. The van der Waals surface area contributed by atoms with Crippen LogP contribution in [0, 0.1) is 6.92 Å². The van der Waals surface area contributed by atoms with Gasteiger partial charge in [-0.3, -0.25) is 14.4 Å². The zero-order valence-electron chi connectivity index (χ0n) is 20.5. The van der Waals surface area contributed by atoms with Crippen molar-refractivity contribution in [2.24, 2.45) is 0 Å². The van der Waals surface area contributed by atoms with Crippen molar-refractivity contribution in [1.82, 2.24) is 10.2 Å². The van der Waals surface area contributed by atoms with Gasteiger partial charge in [0.05, 0.1) is 12.0 Å². The molecule has 0 atom stereocenters. The molecule has 0 bridgehead atoms. The Morgan fingerprint density at radius 2 is 1.76 bits per heavy atom. The molecule has 0 aromatic heterocycles. The average Bonchev–Trinajstić information content (AvgIpc) is 3.60. The zero-order chi connectivity index (χ0) is 25.6. The van der Waals surface area contributed by atoms with E-state index in [4.69, 9.17) is 9.47 Å². The molecular weight excluding hydrogens is 470 g/mol. The van der Waals surface area contributed by atoms with Gasteiger partial charge in [0.15, 0.2) is 11.5 Å². The smallest absolute Gasteiger partial charge is 0.254 e. The summed E-state index contributed by atoms with van der Waals surface area (Å²) in [6.45, 7) is 3.27. The van der Waals surface area contributed by atoms with Crippen molar-refractivity contribution in [2.75, 3.05) is 31.7 Å². The molecule has 3 aliphatic rings. The highest BCUT2D eigenvalue weighted by Crippen LogP contribution is 2.51. The maximum absolute atomic E-state index is 13.4. The number of hydrogen-bond acceptors (Lipinski definition) is 5. The number of anilines is 1. The molecule has 3 amide bonds. The van der Waals surface area contributed by atoms with Crippen LogP contribution in [0.2, 0.25) is 0 Å². The molecule has 8 heteroatoms. The molecule has 2 N–H and O–H groups in total. The fourth-order valence-electron chi connectivity index (χ4n) is 5.01. The molecule has 2 heterocycles. The summed E-state index contributed by atoms with van der Waals surface area (Å²) in [7, 11) is 0. The fourth-order valence-corrected chi connectivity index (χ4v) is 5.01. The van der Waals surface area contributed by atoms with Crippen molar-refractivity contribution < 1.29 is 23.9 Å². The lowest BCUT2D eigenvalue weighted by atomic mass is 9.94. The van der Waals surface area contributed by atoms with Gasteiger partial charge in [-0.1, -0.05) is 24.3 Å². The van der Waals surface area contributed by atoms with E-state index in [0.717, 1.165) is 40.8 Å². The molecule has 0 spiro atoms. The predicted octanol–water partition coefficient (Wildman–Crippen LogP) is 3.63. The SMILES string of the molecule is Cc1ccc(NC(=O)C2(c3ccc4c(c3)OCO4)CC2)cc1-c1ccc(C(=O)N2CCNC(=O)C2)cc1. The number of nitrogens with one attached hydrogen (secondary N) is 2. The number of rotatable bonds is 5. The molecule has 1 saturated carbocycles. The van der Waals surface area contributed by atoms with E-state index in [-0.39, 0.29) is 31.1 Å². The minimum absolute atomic E-state index is 0.0346. The van der Waals surface area contributed by atoms with Gasteiger partial charge in [0.2, 0.25) is 18.6 Å². The van der Waals surface area contributed by atoms with Gasteiger partial charge in [-0.05, 0) is 78.4 Å². The van der Waals surface area contributed by atoms with E-state index >= 15 is 0 Å².